The average molecular weight is 409 g/mol. The minimum absolute atomic E-state index is 0.0727. The molecule has 0 atom stereocenters. The number of carbonyl (C=O) groups is 1. The Morgan fingerprint density at radius 3 is 2.67 bits per heavy atom. The molecule has 0 aromatic heterocycles. The van der Waals surface area contributed by atoms with Crippen molar-refractivity contribution in [3.8, 4) is 5.75 Å². The van der Waals surface area contributed by atoms with E-state index in [1.54, 1.807) is 48.2 Å². The highest BCUT2D eigenvalue weighted by atomic mass is 35.5. The van der Waals surface area contributed by atoms with E-state index in [9.17, 15) is 13.2 Å². The standard InChI is InChI=1S/C19H21ClN2O4S/c1-14-13-15(8-9-17(14)22-11-4-7-19(22)23)27(24,25)21-10-12-26-18-6-3-2-5-16(18)20/h2-3,5-6,8-9,13,21H,4,7,10-12H2,1H3. The summed E-state index contributed by atoms with van der Waals surface area (Å²) in [4.78, 5) is 13.8. The van der Waals surface area contributed by atoms with Crippen LogP contribution in [0, 0.1) is 6.92 Å². The lowest BCUT2D eigenvalue weighted by molar-refractivity contribution is -0.117. The molecule has 1 aliphatic rings. The van der Waals surface area contributed by atoms with Crippen molar-refractivity contribution in [3.63, 3.8) is 0 Å². The molecule has 144 valence electrons. The van der Waals surface area contributed by atoms with E-state index >= 15 is 0 Å². The third-order valence-electron chi connectivity index (χ3n) is 4.33. The fraction of sp³-hybridized carbons (Fsp3) is 0.316. The highest BCUT2D eigenvalue weighted by Crippen LogP contribution is 2.27. The Morgan fingerprint density at radius 1 is 1.22 bits per heavy atom. The fourth-order valence-electron chi connectivity index (χ4n) is 2.98. The molecule has 0 saturated carbocycles. The van der Waals surface area contributed by atoms with E-state index in [4.69, 9.17) is 16.3 Å². The van der Waals surface area contributed by atoms with E-state index in [0.717, 1.165) is 17.7 Å². The van der Waals surface area contributed by atoms with Gasteiger partial charge < -0.3 is 9.64 Å². The van der Waals surface area contributed by atoms with Crippen LogP contribution in [0.2, 0.25) is 5.02 Å². The molecule has 1 fully saturated rings. The minimum atomic E-state index is -3.67. The average Bonchev–Trinajstić information content (AvgIpc) is 3.06. The number of benzene rings is 2. The Morgan fingerprint density at radius 2 is 2.00 bits per heavy atom. The Hall–Kier alpha value is -2.09. The van der Waals surface area contributed by atoms with Crippen LogP contribution in [-0.4, -0.2) is 34.0 Å². The van der Waals surface area contributed by atoms with E-state index in [1.807, 2.05) is 0 Å². The molecular formula is C19H21ClN2O4S. The first kappa shape index (κ1) is 19.7. The van der Waals surface area contributed by atoms with Crippen LogP contribution in [0.4, 0.5) is 5.69 Å². The maximum absolute atomic E-state index is 12.5. The van der Waals surface area contributed by atoms with Gasteiger partial charge in [-0.1, -0.05) is 23.7 Å². The summed E-state index contributed by atoms with van der Waals surface area (Å²) in [5.74, 6) is 0.581. The first-order valence-electron chi connectivity index (χ1n) is 8.66. The van der Waals surface area contributed by atoms with Crippen LogP contribution >= 0.6 is 11.6 Å². The summed E-state index contributed by atoms with van der Waals surface area (Å²) in [5.41, 5.74) is 1.51. The van der Waals surface area contributed by atoms with E-state index in [-0.39, 0.29) is 24.0 Å². The summed E-state index contributed by atoms with van der Waals surface area (Å²) in [5, 5.41) is 0.475. The molecule has 1 heterocycles. The van der Waals surface area contributed by atoms with Crippen LogP contribution in [0.25, 0.3) is 0 Å². The van der Waals surface area contributed by atoms with Gasteiger partial charge in [-0.15, -0.1) is 0 Å². The number of sulfonamides is 1. The van der Waals surface area contributed by atoms with Crippen LogP contribution < -0.4 is 14.4 Å². The number of hydrogen-bond acceptors (Lipinski definition) is 4. The normalized spacial score (nSPS) is 14.6. The highest BCUT2D eigenvalue weighted by molar-refractivity contribution is 7.89. The molecule has 2 aromatic rings. The molecule has 1 N–H and O–H groups in total. The maximum Gasteiger partial charge on any atom is 0.240 e. The third-order valence-corrected chi connectivity index (χ3v) is 6.10. The molecule has 1 aliphatic heterocycles. The molecule has 0 radical (unpaired) electrons. The van der Waals surface area contributed by atoms with Crippen molar-refractivity contribution in [1.29, 1.82) is 0 Å². The summed E-state index contributed by atoms with van der Waals surface area (Å²) in [6, 6.07) is 11.8. The molecule has 0 bridgehead atoms. The molecule has 0 spiro atoms. The van der Waals surface area contributed by atoms with Gasteiger partial charge >= 0.3 is 0 Å². The highest BCUT2D eigenvalue weighted by Gasteiger charge is 2.24. The Balaban J connectivity index is 1.62. The van der Waals surface area contributed by atoms with Crippen LogP contribution in [0.1, 0.15) is 18.4 Å². The second kappa shape index (κ2) is 8.29. The lowest BCUT2D eigenvalue weighted by atomic mass is 10.2. The summed E-state index contributed by atoms with van der Waals surface area (Å²) < 4.78 is 33.0. The van der Waals surface area contributed by atoms with Gasteiger partial charge in [-0.2, -0.15) is 0 Å². The zero-order valence-corrected chi connectivity index (χ0v) is 16.5. The van der Waals surface area contributed by atoms with Crippen LogP contribution in [0.5, 0.6) is 5.75 Å². The smallest absolute Gasteiger partial charge is 0.240 e. The van der Waals surface area contributed by atoms with Crippen molar-refractivity contribution in [1.82, 2.24) is 4.72 Å². The lowest BCUT2D eigenvalue weighted by Crippen LogP contribution is -2.29. The number of rotatable bonds is 7. The van der Waals surface area contributed by atoms with Crippen LogP contribution in [0.3, 0.4) is 0 Å². The number of ether oxygens (including phenoxy) is 1. The molecule has 8 heteroatoms. The molecule has 1 saturated heterocycles. The summed E-state index contributed by atoms with van der Waals surface area (Å²) in [6.45, 7) is 2.74. The first-order valence-corrected chi connectivity index (χ1v) is 10.5. The molecule has 27 heavy (non-hydrogen) atoms. The van der Waals surface area contributed by atoms with E-state index < -0.39 is 10.0 Å². The van der Waals surface area contributed by atoms with Crippen LogP contribution in [-0.2, 0) is 14.8 Å². The topological polar surface area (TPSA) is 75.7 Å². The Labute approximate surface area is 164 Å². The van der Waals surface area contributed by atoms with Gasteiger partial charge in [0.1, 0.15) is 12.4 Å². The van der Waals surface area contributed by atoms with Crippen molar-refractivity contribution in [2.24, 2.45) is 0 Å². The predicted octanol–water partition coefficient (Wildman–Crippen LogP) is 3.13. The quantitative estimate of drug-likeness (QED) is 0.714. The first-order chi connectivity index (χ1) is 12.9. The van der Waals surface area contributed by atoms with Gasteiger partial charge in [-0.05, 0) is 49.2 Å². The zero-order valence-electron chi connectivity index (χ0n) is 14.9. The number of nitrogens with zero attached hydrogens (tertiary/aromatic N) is 1. The third kappa shape index (κ3) is 4.61. The van der Waals surface area contributed by atoms with E-state index in [1.165, 1.54) is 6.07 Å². The molecule has 0 unspecified atom stereocenters. The van der Waals surface area contributed by atoms with E-state index in [0.29, 0.717) is 23.7 Å². The number of anilines is 1. The van der Waals surface area contributed by atoms with Crippen molar-refractivity contribution in [3.05, 3.63) is 53.1 Å². The molecule has 3 rings (SSSR count). The van der Waals surface area contributed by atoms with Crippen molar-refractivity contribution < 1.29 is 17.9 Å². The number of aryl methyl sites for hydroxylation is 1. The van der Waals surface area contributed by atoms with Crippen molar-refractivity contribution in [2.75, 3.05) is 24.6 Å². The van der Waals surface area contributed by atoms with Gasteiger partial charge in [0.2, 0.25) is 15.9 Å². The maximum atomic E-state index is 12.5. The van der Waals surface area contributed by atoms with E-state index in [2.05, 4.69) is 4.72 Å². The largest absolute Gasteiger partial charge is 0.491 e. The SMILES string of the molecule is Cc1cc(S(=O)(=O)NCCOc2ccccc2Cl)ccc1N1CCCC1=O. The molecule has 1 amide bonds. The van der Waals surface area contributed by atoms with Gasteiger partial charge in [0, 0.05) is 25.2 Å². The number of para-hydroxylation sites is 1. The second-order valence-electron chi connectivity index (χ2n) is 6.27. The van der Waals surface area contributed by atoms with Gasteiger partial charge in [-0.3, -0.25) is 4.79 Å². The fourth-order valence-corrected chi connectivity index (χ4v) is 4.27. The monoisotopic (exact) mass is 408 g/mol. The molecule has 0 aliphatic carbocycles. The number of carbonyl (C=O) groups excluding carboxylic acids is 1. The number of halogens is 1. The Kier molecular flexibility index (Phi) is 6.04. The predicted molar refractivity (Wildman–Crippen MR) is 105 cm³/mol. The summed E-state index contributed by atoms with van der Waals surface area (Å²) in [7, 11) is -3.67. The van der Waals surface area contributed by atoms with Gasteiger partial charge in [-0.25, -0.2) is 13.1 Å². The van der Waals surface area contributed by atoms with Crippen molar-refractivity contribution in [2.45, 2.75) is 24.7 Å². The summed E-state index contributed by atoms with van der Waals surface area (Å²) >= 11 is 5.99. The number of nitrogens with one attached hydrogen (secondary N) is 1. The van der Waals surface area contributed by atoms with Crippen LogP contribution in [0.15, 0.2) is 47.4 Å². The van der Waals surface area contributed by atoms with Gasteiger partial charge in [0.15, 0.2) is 0 Å². The van der Waals surface area contributed by atoms with Gasteiger partial charge in [0.25, 0.3) is 0 Å². The second-order valence-corrected chi connectivity index (χ2v) is 8.45. The zero-order chi connectivity index (χ0) is 19.4. The summed E-state index contributed by atoms with van der Waals surface area (Å²) in [6.07, 6.45) is 1.36. The Bertz CT molecular complexity index is 946. The molecular weight excluding hydrogens is 388 g/mol. The molecule has 2 aromatic carbocycles. The molecule has 6 nitrogen and oxygen atoms in total. The van der Waals surface area contributed by atoms with Gasteiger partial charge in [0.05, 0.1) is 9.92 Å². The lowest BCUT2D eigenvalue weighted by Gasteiger charge is -2.19. The van der Waals surface area contributed by atoms with Crippen molar-refractivity contribution >= 4 is 33.2 Å². The minimum Gasteiger partial charge on any atom is -0.491 e. The number of amides is 1. The number of hydrogen-bond donors (Lipinski definition) is 1.